The molecule has 1 aliphatic rings. The van der Waals surface area contributed by atoms with Crippen LogP contribution in [-0.4, -0.2) is 55.1 Å². The SMILES string of the molecule is CN(CC(=O)N(Cc1cccc(Cl)c1)[C@H](Cc1ccccc1)C(=O)NC1CCCC1)S(=O)(=O)c1ccc2ccccc2c1. The van der Waals surface area contributed by atoms with Crippen LogP contribution in [0.1, 0.15) is 36.8 Å². The molecule has 0 saturated heterocycles. The third-order valence-corrected chi connectivity index (χ3v) is 10.0. The van der Waals surface area contributed by atoms with Gasteiger partial charge in [0.15, 0.2) is 0 Å². The van der Waals surface area contributed by atoms with Crippen LogP contribution in [0.3, 0.4) is 0 Å². The maximum absolute atomic E-state index is 14.1. The molecule has 7 nitrogen and oxygen atoms in total. The van der Waals surface area contributed by atoms with Crippen molar-refractivity contribution in [2.24, 2.45) is 0 Å². The van der Waals surface area contributed by atoms with Gasteiger partial charge in [-0.15, -0.1) is 0 Å². The Morgan fingerprint density at radius 1 is 0.860 bits per heavy atom. The Kier molecular flexibility index (Phi) is 9.80. The van der Waals surface area contributed by atoms with E-state index < -0.39 is 28.5 Å². The van der Waals surface area contributed by atoms with Crippen LogP contribution >= 0.6 is 11.6 Å². The van der Waals surface area contributed by atoms with Crippen LogP contribution in [0, 0.1) is 0 Å². The van der Waals surface area contributed by atoms with E-state index in [9.17, 15) is 18.0 Å². The van der Waals surface area contributed by atoms with Crippen LogP contribution in [0.5, 0.6) is 0 Å². The highest BCUT2D eigenvalue weighted by Crippen LogP contribution is 2.24. The minimum Gasteiger partial charge on any atom is -0.352 e. The third-order valence-electron chi connectivity index (χ3n) is 8.00. The largest absolute Gasteiger partial charge is 0.352 e. The number of fused-ring (bicyclic) bond motifs is 1. The number of hydrogen-bond donors (Lipinski definition) is 1. The van der Waals surface area contributed by atoms with Crippen LogP contribution in [0.25, 0.3) is 10.8 Å². The second-order valence-corrected chi connectivity index (χ2v) is 13.6. The molecule has 1 fully saturated rings. The first-order valence-electron chi connectivity index (χ1n) is 14.5. The number of hydrogen-bond acceptors (Lipinski definition) is 4. The van der Waals surface area contributed by atoms with Crippen molar-refractivity contribution in [1.29, 1.82) is 0 Å². The molecule has 0 heterocycles. The van der Waals surface area contributed by atoms with Gasteiger partial charge in [0.25, 0.3) is 0 Å². The molecule has 1 N–H and O–H groups in total. The second kappa shape index (κ2) is 13.7. The van der Waals surface area contributed by atoms with Gasteiger partial charge >= 0.3 is 0 Å². The standard InChI is InChI=1S/C34H36ClN3O4S/c1-37(43(41,42)31-19-18-27-13-5-6-14-28(27)22-31)24-33(39)38(23-26-12-9-15-29(35)20-26)32(21-25-10-3-2-4-11-25)34(40)36-30-16-7-8-17-30/h2-6,9-15,18-20,22,30,32H,7-8,16-17,21,23-24H2,1H3,(H,36,40)/t32-/m1/s1. The molecule has 4 aromatic carbocycles. The van der Waals surface area contributed by atoms with E-state index >= 15 is 0 Å². The minimum absolute atomic E-state index is 0.0600. The van der Waals surface area contributed by atoms with Gasteiger partial charge in [-0.3, -0.25) is 9.59 Å². The van der Waals surface area contributed by atoms with Crippen molar-refractivity contribution in [2.45, 2.75) is 55.6 Å². The number of rotatable bonds is 11. The minimum atomic E-state index is -4.00. The van der Waals surface area contributed by atoms with Crippen molar-refractivity contribution in [3.8, 4) is 0 Å². The van der Waals surface area contributed by atoms with Gasteiger partial charge in [0.1, 0.15) is 6.04 Å². The van der Waals surface area contributed by atoms with Crippen molar-refractivity contribution >= 4 is 44.2 Å². The van der Waals surface area contributed by atoms with E-state index in [4.69, 9.17) is 11.6 Å². The van der Waals surface area contributed by atoms with Crippen molar-refractivity contribution in [1.82, 2.24) is 14.5 Å². The number of halogens is 1. The predicted octanol–water partition coefficient (Wildman–Crippen LogP) is 5.81. The van der Waals surface area contributed by atoms with Crippen LogP contribution in [0.2, 0.25) is 5.02 Å². The summed E-state index contributed by atoms with van der Waals surface area (Å²) in [5.41, 5.74) is 1.64. The molecule has 0 aliphatic heterocycles. The molecule has 4 aromatic rings. The first-order chi connectivity index (χ1) is 20.7. The highest BCUT2D eigenvalue weighted by molar-refractivity contribution is 7.89. The van der Waals surface area contributed by atoms with Crippen LogP contribution in [0.15, 0.2) is 102 Å². The number of benzene rings is 4. The first kappa shape index (κ1) is 30.7. The highest BCUT2D eigenvalue weighted by Gasteiger charge is 2.34. The van der Waals surface area contributed by atoms with Crippen molar-refractivity contribution in [2.75, 3.05) is 13.6 Å². The van der Waals surface area contributed by atoms with E-state index in [1.807, 2.05) is 60.7 Å². The Labute approximate surface area is 258 Å². The van der Waals surface area contributed by atoms with E-state index in [1.54, 1.807) is 36.4 Å². The van der Waals surface area contributed by atoms with Gasteiger partial charge in [-0.2, -0.15) is 4.31 Å². The number of likely N-dealkylation sites (N-methyl/N-ethyl adjacent to an activating group) is 1. The normalized spacial score (nSPS) is 14.6. The van der Waals surface area contributed by atoms with Crippen LogP contribution < -0.4 is 5.32 Å². The molecule has 9 heteroatoms. The summed E-state index contributed by atoms with van der Waals surface area (Å²) in [6, 6.07) is 28.3. The van der Waals surface area contributed by atoms with Gasteiger partial charge in [0, 0.05) is 31.1 Å². The van der Waals surface area contributed by atoms with E-state index in [-0.39, 0.29) is 29.8 Å². The molecule has 0 bridgehead atoms. The zero-order valence-electron chi connectivity index (χ0n) is 24.2. The number of nitrogens with one attached hydrogen (secondary N) is 1. The topological polar surface area (TPSA) is 86.8 Å². The quantitative estimate of drug-likeness (QED) is 0.230. The van der Waals surface area contributed by atoms with Crippen molar-refractivity contribution < 1.29 is 18.0 Å². The highest BCUT2D eigenvalue weighted by atomic mass is 35.5. The average molecular weight is 618 g/mol. The second-order valence-electron chi connectivity index (χ2n) is 11.1. The number of carbonyl (C=O) groups is 2. The van der Waals surface area contributed by atoms with Crippen molar-refractivity contribution in [3.05, 3.63) is 113 Å². The van der Waals surface area contributed by atoms with Gasteiger partial charge in [-0.05, 0) is 59.0 Å². The number of carbonyl (C=O) groups excluding carboxylic acids is 2. The van der Waals surface area contributed by atoms with Gasteiger partial charge in [0.2, 0.25) is 21.8 Å². The van der Waals surface area contributed by atoms with E-state index in [2.05, 4.69) is 5.32 Å². The molecule has 0 radical (unpaired) electrons. The lowest BCUT2D eigenvalue weighted by Gasteiger charge is -2.33. The zero-order chi connectivity index (χ0) is 30.4. The Morgan fingerprint density at radius 3 is 2.26 bits per heavy atom. The Hall–Kier alpha value is -3.72. The summed E-state index contributed by atoms with van der Waals surface area (Å²) in [5, 5.41) is 5.39. The fraction of sp³-hybridized carbons (Fsp3) is 0.294. The summed E-state index contributed by atoms with van der Waals surface area (Å²) in [5.74, 6) is -0.722. The average Bonchev–Trinajstić information content (AvgIpc) is 3.52. The molecule has 1 atom stereocenters. The van der Waals surface area contributed by atoms with Gasteiger partial charge < -0.3 is 10.2 Å². The summed E-state index contributed by atoms with van der Waals surface area (Å²) >= 11 is 6.28. The monoisotopic (exact) mass is 617 g/mol. The molecule has 43 heavy (non-hydrogen) atoms. The summed E-state index contributed by atoms with van der Waals surface area (Å²) in [7, 11) is -2.60. The Bertz CT molecular complexity index is 1690. The lowest BCUT2D eigenvalue weighted by Crippen LogP contribution is -2.54. The van der Waals surface area contributed by atoms with Gasteiger partial charge in [-0.25, -0.2) is 8.42 Å². The molecule has 0 unspecified atom stereocenters. The molecule has 1 saturated carbocycles. The number of sulfonamides is 1. The molecule has 0 aromatic heterocycles. The molecular weight excluding hydrogens is 582 g/mol. The predicted molar refractivity (Wildman–Crippen MR) is 170 cm³/mol. The zero-order valence-corrected chi connectivity index (χ0v) is 25.7. The fourth-order valence-electron chi connectivity index (χ4n) is 5.63. The lowest BCUT2D eigenvalue weighted by atomic mass is 10.0. The van der Waals surface area contributed by atoms with Crippen LogP contribution in [-0.2, 0) is 32.6 Å². The Balaban J connectivity index is 1.46. The molecule has 0 spiro atoms. The molecule has 2 amide bonds. The molecular formula is C34H36ClN3O4S. The van der Waals surface area contributed by atoms with Gasteiger partial charge in [-0.1, -0.05) is 97.2 Å². The maximum atomic E-state index is 14.1. The summed E-state index contributed by atoms with van der Waals surface area (Å²) in [6.07, 6.45) is 4.19. The fourth-order valence-corrected chi connectivity index (χ4v) is 7.00. The number of amides is 2. The van der Waals surface area contributed by atoms with E-state index in [0.29, 0.717) is 5.02 Å². The summed E-state index contributed by atoms with van der Waals surface area (Å²) < 4.78 is 28.3. The summed E-state index contributed by atoms with van der Waals surface area (Å²) in [6.45, 7) is -0.337. The molecule has 1 aliphatic carbocycles. The summed E-state index contributed by atoms with van der Waals surface area (Å²) in [4.78, 5) is 29.6. The lowest BCUT2D eigenvalue weighted by molar-refractivity contribution is -0.141. The number of nitrogens with zero attached hydrogens (tertiary/aromatic N) is 2. The molecule has 224 valence electrons. The smallest absolute Gasteiger partial charge is 0.243 e. The first-order valence-corrected chi connectivity index (χ1v) is 16.4. The Morgan fingerprint density at radius 2 is 1.53 bits per heavy atom. The van der Waals surface area contributed by atoms with Crippen molar-refractivity contribution in [3.63, 3.8) is 0 Å². The third kappa shape index (κ3) is 7.63. The van der Waals surface area contributed by atoms with Crippen LogP contribution in [0.4, 0.5) is 0 Å². The van der Waals surface area contributed by atoms with E-state index in [1.165, 1.54) is 11.9 Å². The molecule has 5 rings (SSSR count). The van der Waals surface area contributed by atoms with E-state index in [0.717, 1.165) is 51.9 Å². The maximum Gasteiger partial charge on any atom is 0.243 e. The van der Waals surface area contributed by atoms with Gasteiger partial charge in [0.05, 0.1) is 11.4 Å².